The molecule has 2 aromatic heterocycles. The molecule has 3 heterocycles. The number of fused-ring (bicyclic) bond motifs is 1. The number of aromatic amines is 1. The maximum absolute atomic E-state index is 13.2. The summed E-state index contributed by atoms with van der Waals surface area (Å²) in [6, 6.07) is 0. The zero-order chi connectivity index (χ0) is 26.3. The third kappa shape index (κ3) is 5.64. The van der Waals surface area contributed by atoms with Crippen molar-refractivity contribution in [3.8, 4) is 0 Å². The molecule has 2 aliphatic rings. The maximum Gasteiger partial charge on any atom is 0.278 e. The van der Waals surface area contributed by atoms with E-state index in [9.17, 15) is 13.2 Å². The Hall–Kier alpha value is -1.94. The van der Waals surface area contributed by atoms with Crippen molar-refractivity contribution in [2.75, 3.05) is 31.1 Å². The number of rotatable bonds is 7. The number of piperidine rings is 1. The van der Waals surface area contributed by atoms with Crippen LogP contribution < -0.4 is 10.5 Å². The molecule has 36 heavy (non-hydrogen) atoms. The summed E-state index contributed by atoms with van der Waals surface area (Å²) in [6.45, 7) is 12.5. The van der Waals surface area contributed by atoms with Crippen LogP contribution in [0.2, 0.25) is 0 Å². The van der Waals surface area contributed by atoms with Crippen LogP contribution in [0.3, 0.4) is 0 Å². The van der Waals surface area contributed by atoms with E-state index in [0.717, 1.165) is 31.6 Å². The average Bonchev–Trinajstić information content (AvgIpc) is 3.17. The van der Waals surface area contributed by atoms with Gasteiger partial charge in [0, 0.05) is 38.6 Å². The van der Waals surface area contributed by atoms with Crippen molar-refractivity contribution in [3.63, 3.8) is 0 Å². The van der Waals surface area contributed by atoms with Gasteiger partial charge in [0.15, 0.2) is 5.52 Å². The van der Waals surface area contributed by atoms with Crippen LogP contribution >= 0.6 is 0 Å². The third-order valence-electron chi connectivity index (χ3n) is 7.90. The van der Waals surface area contributed by atoms with E-state index in [1.807, 2.05) is 0 Å². The zero-order valence-corrected chi connectivity index (χ0v) is 23.7. The summed E-state index contributed by atoms with van der Waals surface area (Å²) < 4.78 is 28.6. The summed E-state index contributed by atoms with van der Waals surface area (Å²) >= 11 is 0. The first-order valence-corrected chi connectivity index (χ1v) is 15.1. The lowest BCUT2D eigenvalue weighted by Gasteiger charge is -2.37. The molecule has 1 aliphatic carbocycles. The lowest BCUT2D eigenvalue weighted by atomic mass is 9.88. The lowest BCUT2D eigenvalue weighted by Crippen LogP contribution is -2.45. The number of aromatic nitrogens is 4. The minimum atomic E-state index is -3.22. The van der Waals surface area contributed by atoms with Crippen molar-refractivity contribution in [2.45, 2.75) is 90.2 Å². The molecule has 10 heteroatoms. The molecule has 0 radical (unpaired) electrons. The van der Waals surface area contributed by atoms with E-state index in [4.69, 9.17) is 4.98 Å². The van der Waals surface area contributed by atoms with Gasteiger partial charge in [-0.3, -0.25) is 14.5 Å². The van der Waals surface area contributed by atoms with Crippen LogP contribution in [0.15, 0.2) is 4.79 Å². The van der Waals surface area contributed by atoms with Crippen LogP contribution in [0.25, 0.3) is 11.0 Å². The molecule has 1 N–H and O–H groups in total. The normalized spacial score (nSPS) is 19.4. The molecule has 0 spiro atoms. The molecule has 2 aromatic rings. The number of aryl methyl sites for hydroxylation is 1. The number of nitrogens with one attached hydrogen (secondary N) is 1. The van der Waals surface area contributed by atoms with Crippen molar-refractivity contribution in [1.82, 2.24) is 24.1 Å². The summed E-state index contributed by atoms with van der Waals surface area (Å²) in [5.74, 6) is 1.55. The second kappa shape index (κ2) is 10.4. The standard InChI is InChI=1S/C26H44N6O3S/c1-18(2)36(34,35)32-14-12-20(13-15-32)17-31(16-19-10-8-7-9-11-19)25-27-21-22(24(33)28-25)30(6)29-23(21)26(3,4)5/h18-20H,7-17H2,1-6H3,(H,27,28,33). The van der Waals surface area contributed by atoms with E-state index in [1.54, 1.807) is 29.9 Å². The summed E-state index contributed by atoms with van der Waals surface area (Å²) in [7, 11) is -1.42. The van der Waals surface area contributed by atoms with E-state index in [1.165, 1.54) is 32.1 Å². The lowest BCUT2D eigenvalue weighted by molar-refractivity contribution is 0.267. The number of sulfonamides is 1. The topological polar surface area (TPSA) is 104 Å². The fraction of sp³-hybridized carbons (Fsp3) is 0.808. The quantitative estimate of drug-likeness (QED) is 0.596. The van der Waals surface area contributed by atoms with E-state index < -0.39 is 15.3 Å². The van der Waals surface area contributed by atoms with Crippen LogP contribution in [0.1, 0.15) is 85.3 Å². The Kier molecular flexibility index (Phi) is 7.86. The van der Waals surface area contributed by atoms with Gasteiger partial charge in [-0.25, -0.2) is 17.7 Å². The molecular formula is C26H44N6O3S. The van der Waals surface area contributed by atoms with Gasteiger partial charge in [-0.1, -0.05) is 40.0 Å². The highest BCUT2D eigenvalue weighted by molar-refractivity contribution is 7.89. The Bertz CT molecular complexity index is 1210. The van der Waals surface area contributed by atoms with Gasteiger partial charge in [-0.15, -0.1) is 0 Å². The Labute approximate surface area is 215 Å². The van der Waals surface area contributed by atoms with Crippen LogP contribution in [-0.4, -0.2) is 63.9 Å². The first-order chi connectivity index (χ1) is 16.9. The number of anilines is 1. The van der Waals surface area contributed by atoms with Gasteiger partial charge in [-0.05, 0) is 51.4 Å². The predicted octanol–water partition coefficient (Wildman–Crippen LogP) is 3.79. The molecule has 0 bridgehead atoms. The highest BCUT2D eigenvalue weighted by atomic mass is 32.2. The molecule has 9 nitrogen and oxygen atoms in total. The molecule has 4 rings (SSSR count). The Morgan fingerprint density at radius 2 is 1.61 bits per heavy atom. The summed E-state index contributed by atoms with van der Waals surface area (Å²) in [4.78, 5) is 23.6. The van der Waals surface area contributed by atoms with Gasteiger partial charge in [0.1, 0.15) is 5.52 Å². The highest BCUT2D eigenvalue weighted by Crippen LogP contribution is 2.30. The highest BCUT2D eigenvalue weighted by Gasteiger charge is 2.32. The van der Waals surface area contributed by atoms with E-state index in [0.29, 0.717) is 41.9 Å². The average molecular weight is 521 g/mol. The van der Waals surface area contributed by atoms with Crippen LogP contribution in [0, 0.1) is 11.8 Å². The number of H-pyrrole nitrogens is 1. The molecule has 0 amide bonds. The number of hydrogen-bond acceptors (Lipinski definition) is 6. The van der Waals surface area contributed by atoms with Gasteiger partial charge in [-0.2, -0.15) is 5.10 Å². The van der Waals surface area contributed by atoms with Gasteiger partial charge in [0.2, 0.25) is 16.0 Å². The largest absolute Gasteiger partial charge is 0.342 e. The molecule has 0 atom stereocenters. The molecule has 1 saturated carbocycles. The van der Waals surface area contributed by atoms with Gasteiger partial charge in [0.05, 0.1) is 10.9 Å². The fourth-order valence-corrected chi connectivity index (χ4v) is 7.02. The van der Waals surface area contributed by atoms with Crippen molar-refractivity contribution in [3.05, 3.63) is 16.0 Å². The molecule has 1 saturated heterocycles. The minimum Gasteiger partial charge on any atom is -0.342 e. The predicted molar refractivity (Wildman–Crippen MR) is 145 cm³/mol. The Morgan fingerprint density at radius 3 is 2.17 bits per heavy atom. The van der Waals surface area contributed by atoms with E-state index in [2.05, 4.69) is 35.8 Å². The third-order valence-corrected chi connectivity index (χ3v) is 10.2. The van der Waals surface area contributed by atoms with Crippen molar-refractivity contribution in [1.29, 1.82) is 0 Å². The molecule has 0 unspecified atom stereocenters. The Morgan fingerprint density at radius 1 is 1.03 bits per heavy atom. The maximum atomic E-state index is 13.2. The molecule has 0 aromatic carbocycles. The Balaban J connectivity index is 1.62. The second-order valence-corrected chi connectivity index (χ2v) is 14.6. The van der Waals surface area contributed by atoms with Crippen LogP contribution in [0.5, 0.6) is 0 Å². The zero-order valence-electron chi connectivity index (χ0n) is 22.9. The van der Waals surface area contributed by atoms with E-state index >= 15 is 0 Å². The summed E-state index contributed by atoms with van der Waals surface area (Å²) in [6.07, 6.45) is 7.85. The fourth-order valence-electron chi connectivity index (χ4n) is 5.71. The van der Waals surface area contributed by atoms with Gasteiger partial charge in [0.25, 0.3) is 5.56 Å². The van der Waals surface area contributed by atoms with Crippen LogP contribution in [0.4, 0.5) is 5.95 Å². The van der Waals surface area contributed by atoms with Gasteiger partial charge < -0.3 is 4.90 Å². The van der Waals surface area contributed by atoms with Crippen LogP contribution in [-0.2, 0) is 22.5 Å². The van der Waals surface area contributed by atoms with E-state index in [-0.39, 0.29) is 11.0 Å². The monoisotopic (exact) mass is 520 g/mol. The molecular weight excluding hydrogens is 476 g/mol. The second-order valence-electron chi connectivity index (χ2n) is 12.2. The molecule has 202 valence electrons. The van der Waals surface area contributed by atoms with Gasteiger partial charge >= 0.3 is 0 Å². The smallest absolute Gasteiger partial charge is 0.278 e. The first-order valence-electron chi connectivity index (χ1n) is 13.6. The first kappa shape index (κ1) is 27.1. The SMILES string of the molecule is CC(C)S(=O)(=O)N1CCC(CN(CC2CCCCC2)c2nc3c(C(C)(C)C)nn(C)c3c(=O)[nH]2)CC1. The summed E-state index contributed by atoms with van der Waals surface area (Å²) in [5, 5.41) is 4.26. The molecule has 2 fully saturated rings. The van der Waals surface area contributed by atoms with Crippen molar-refractivity contribution >= 4 is 27.0 Å². The van der Waals surface area contributed by atoms with Crippen molar-refractivity contribution < 1.29 is 8.42 Å². The molecule has 1 aliphatic heterocycles. The minimum absolute atomic E-state index is 0.160. The number of nitrogens with zero attached hydrogens (tertiary/aromatic N) is 5. The van der Waals surface area contributed by atoms with Crippen molar-refractivity contribution in [2.24, 2.45) is 18.9 Å². The number of hydrogen-bond donors (Lipinski definition) is 1. The summed E-state index contributed by atoms with van der Waals surface area (Å²) in [5.41, 5.74) is 1.62.